The summed E-state index contributed by atoms with van der Waals surface area (Å²) >= 11 is 0. The molecular weight excluding hydrogens is 292 g/mol. The molecule has 0 saturated carbocycles. The number of nitrogens with two attached hydrogens (primary N) is 1. The van der Waals surface area contributed by atoms with Gasteiger partial charge in [-0.2, -0.15) is 4.31 Å². The first kappa shape index (κ1) is 16.1. The lowest BCUT2D eigenvalue weighted by molar-refractivity contribution is 0.0126. The van der Waals surface area contributed by atoms with Crippen molar-refractivity contribution in [3.63, 3.8) is 0 Å². The number of anilines is 1. The third kappa shape index (κ3) is 3.14. The van der Waals surface area contributed by atoms with Gasteiger partial charge in [0.1, 0.15) is 10.6 Å². The number of nitrogen functional groups attached to an aromatic ring is 1. The monoisotopic (exact) mass is 314 g/mol. The first-order valence-corrected chi connectivity index (χ1v) is 8.28. The van der Waals surface area contributed by atoms with E-state index in [2.05, 4.69) is 0 Å². The highest BCUT2D eigenvalue weighted by molar-refractivity contribution is 7.89. The zero-order chi connectivity index (χ0) is 15.8. The van der Waals surface area contributed by atoms with Crippen molar-refractivity contribution in [1.29, 1.82) is 0 Å². The quantitative estimate of drug-likeness (QED) is 0.816. The van der Waals surface area contributed by atoms with Crippen molar-refractivity contribution in [1.82, 2.24) is 4.31 Å². The van der Waals surface area contributed by atoms with Gasteiger partial charge < -0.3 is 15.6 Å². The summed E-state index contributed by atoms with van der Waals surface area (Å²) in [5.41, 5.74) is 6.22. The fourth-order valence-electron chi connectivity index (χ4n) is 2.39. The van der Waals surface area contributed by atoms with Crippen LogP contribution in [-0.4, -0.2) is 43.6 Å². The molecule has 0 atom stereocenters. The van der Waals surface area contributed by atoms with E-state index in [0.29, 0.717) is 24.3 Å². The molecule has 0 aliphatic carbocycles. The maximum Gasteiger partial charge on any atom is 0.246 e. The number of ether oxygens (including phenoxy) is 1. The van der Waals surface area contributed by atoms with Crippen LogP contribution in [0.5, 0.6) is 5.75 Å². The largest absolute Gasteiger partial charge is 0.495 e. The molecule has 7 heteroatoms. The van der Waals surface area contributed by atoms with Crippen molar-refractivity contribution in [2.24, 2.45) is 0 Å². The summed E-state index contributed by atoms with van der Waals surface area (Å²) in [6.07, 6.45) is 0.825. The molecule has 0 amide bonds. The van der Waals surface area contributed by atoms with Gasteiger partial charge in [0.15, 0.2) is 0 Å². The van der Waals surface area contributed by atoms with Gasteiger partial charge in [-0.15, -0.1) is 0 Å². The second-order valence-corrected chi connectivity index (χ2v) is 7.67. The van der Waals surface area contributed by atoms with Crippen molar-refractivity contribution < 1.29 is 18.3 Å². The van der Waals surface area contributed by atoms with Crippen LogP contribution < -0.4 is 10.5 Å². The van der Waals surface area contributed by atoms with Gasteiger partial charge in [0.25, 0.3) is 0 Å². The zero-order valence-electron chi connectivity index (χ0n) is 12.6. The first-order chi connectivity index (χ1) is 9.67. The van der Waals surface area contributed by atoms with E-state index in [1.807, 2.05) is 0 Å². The van der Waals surface area contributed by atoms with Crippen LogP contribution in [0.25, 0.3) is 0 Å². The van der Waals surface area contributed by atoms with Crippen molar-refractivity contribution in [2.45, 2.75) is 37.2 Å². The highest BCUT2D eigenvalue weighted by Gasteiger charge is 2.35. The first-order valence-electron chi connectivity index (χ1n) is 6.84. The molecule has 3 N–H and O–H groups in total. The number of benzene rings is 1. The van der Waals surface area contributed by atoms with Crippen LogP contribution in [0.15, 0.2) is 17.0 Å². The second kappa shape index (κ2) is 5.47. The van der Waals surface area contributed by atoms with E-state index in [9.17, 15) is 13.5 Å². The minimum Gasteiger partial charge on any atom is -0.495 e. The van der Waals surface area contributed by atoms with Gasteiger partial charge in [0.2, 0.25) is 10.0 Å². The summed E-state index contributed by atoms with van der Waals surface area (Å²) < 4.78 is 32.1. The average molecular weight is 314 g/mol. The van der Waals surface area contributed by atoms with Crippen LogP contribution in [0.4, 0.5) is 5.69 Å². The molecule has 21 heavy (non-hydrogen) atoms. The minimum absolute atomic E-state index is 0.0784. The maximum absolute atomic E-state index is 12.8. The molecule has 1 aliphatic rings. The summed E-state index contributed by atoms with van der Waals surface area (Å²) in [5, 5.41) is 9.94. The number of nitrogens with zero attached hydrogens (tertiary/aromatic N) is 1. The molecule has 2 rings (SSSR count). The maximum atomic E-state index is 12.8. The van der Waals surface area contributed by atoms with Crippen LogP contribution >= 0.6 is 0 Å². The molecule has 0 spiro atoms. The fraction of sp³-hybridized carbons (Fsp3) is 0.571. The smallest absolute Gasteiger partial charge is 0.246 e. The molecule has 0 bridgehead atoms. The number of sulfonamides is 1. The van der Waals surface area contributed by atoms with Crippen LogP contribution in [0, 0.1) is 6.92 Å². The van der Waals surface area contributed by atoms with Crippen LogP contribution in [0.2, 0.25) is 0 Å². The standard InChI is InChI=1S/C14H22N2O4S/c1-10-8-12(20-3)13(9-11(10)15)21(18,19)16-6-4-14(2,17)5-7-16/h8-9,17H,4-7,15H2,1-3H3. The third-order valence-electron chi connectivity index (χ3n) is 3.97. The normalized spacial score (nSPS) is 19.4. The number of rotatable bonds is 3. The Balaban J connectivity index is 2.39. The Morgan fingerprint density at radius 2 is 1.90 bits per heavy atom. The van der Waals surface area contributed by atoms with Crippen molar-refractivity contribution in [2.75, 3.05) is 25.9 Å². The Bertz CT molecular complexity index is 631. The molecule has 6 nitrogen and oxygen atoms in total. The average Bonchev–Trinajstić information content (AvgIpc) is 2.40. The Kier molecular flexibility index (Phi) is 4.19. The van der Waals surface area contributed by atoms with Crippen molar-refractivity contribution >= 4 is 15.7 Å². The van der Waals surface area contributed by atoms with Gasteiger partial charge in [0, 0.05) is 18.8 Å². The summed E-state index contributed by atoms with van der Waals surface area (Å²) in [7, 11) is -2.24. The Labute approximate surface area is 125 Å². The predicted octanol–water partition coefficient (Wildman–Crippen LogP) is 1.12. The lowest BCUT2D eigenvalue weighted by Crippen LogP contribution is -2.45. The lowest BCUT2D eigenvalue weighted by atomic mass is 9.95. The van der Waals surface area contributed by atoms with E-state index in [1.54, 1.807) is 19.9 Å². The van der Waals surface area contributed by atoms with Gasteiger partial charge >= 0.3 is 0 Å². The van der Waals surface area contributed by atoms with E-state index in [1.165, 1.54) is 17.5 Å². The predicted molar refractivity (Wildman–Crippen MR) is 80.8 cm³/mol. The summed E-state index contributed by atoms with van der Waals surface area (Å²) in [4.78, 5) is 0.0784. The van der Waals surface area contributed by atoms with E-state index in [0.717, 1.165) is 5.56 Å². The van der Waals surface area contributed by atoms with Crippen molar-refractivity contribution in [3.8, 4) is 5.75 Å². The summed E-state index contributed by atoms with van der Waals surface area (Å²) in [6.45, 7) is 4.09. The third-order valence-corrected chi connectivity index (χ3v) is 5.89. The molecule has 0 unspecified atom stereocenters. The molecule has 0 radical (unpaired) electrons. The van der Waals surface area contributed by atoms with Crippen LogP contribution in [-0.2, 0) is 10.0 Å². The molecule has 1 aromatic rings. The fourth-order valence-corrected chi connectivity index (χ4v) is 4.00. The second-order valence-electron chi connectivity index (χ2n) is 5.76. The van der Waals surface area contributed by atoms with Gasteiger partial charge in [-0.05, 0) is 44.4 Å². The molecular formula is C14H22N2O4S. The number of hydrogen-bond donors (Lipinski definition) is 2. The topological polar surface area (TPSA) is 92.9 Å². The highest BCUT2D eigenvalue weighted by atomic mass is 32.2. The summed E-state index contributed by atoms with van der Waals surface area (Å²) in [5.74, 6) is 0.291. The number of aliphatic hydroxyl groups is 1. The van der Waals surface area contributed by atoms with E-state index >= 15 is 0 Å². The Hall–Kier alpha value is -1.31. The van der Waals surface area contributed by atoms with Crippen LogP contribution in [0.3, 0.4) is 0 Å². The number of hydrogen-bond acceptors (Lipinski definition) is 5. The molecule has 1 fully saturated rings. The van der Waals surface area contributed by atoms with E-state index in [4.69, 9.17) is 10.5 Å². The van der Waals surface area contributed by atoms with Gasteiger partial charge in [-0.1, -0.05) is 0 Å². The number of methoxy groups -OCH3 is 1. The number of piperidine rings is 1. The van der Waals surface area contributed by atoms with Crippen molar-refractivity contribution in [3.05, 3.63) is 17.7 Å². The SMILES string of the molecule is COc1cc(C)c(N)cc1S(=O)(=O)N1CCC(C)(O)CC1. The Morgan fingerprint density at radius 1 is 1.33 bits per heavy atom. The molecule has 0 aromatic heterocycles. The van der Waals surface area contributed by atoms with Gasteiger partial charge in [-0.3, -0.25) is 0 Å². The molecule has 1 aromatic carbocycles. The molecule has 1 saturated heterocycles. The van der Waals surface area contributed by atoms with E-state index < -0.39 is 15.6 Å². The molecule has 1 heterocycles. The zero-order valence-corrected chi connectivity index (χ0v) is 13.4. The highest BCUT2D eigenvalue weighted by Crippen LogP contribution is 2.33. The molecule has 1 aliphatic heterocycles. The minimum atomic E-state index is -3.68. The Morgan fingerprint density at radius 3 is 2.43 bits per heavy atom. The van der Waals surface area contributed by atoms with Gasteiger partial charge in [0.05, 0.1) is 12.7 Å². The van der Waals surface area contributed by atoms with Crippen LogP contribution in [0.1, 0.15) is 25.3 Å². The summed E-state index contributed by atoms with van der Waals surface area (Å²) in [6, 6.07) is 3.07. The van der Waals surface area contributed by atoms with Gasteiger partial charge in [-0.25, -0.2) is 8.42 Å². The lowest BCUT2D eigenvalue weighted by Gasteiger charge is -2.35. The van der Waals surface area contributed by atoms with E-state index in [-0.39, 0.29) is 18.0 Å². The number of aryl methyl sites for hydroxylation is 1. The molecule has 118 valence electrons.